The zero-order valence-electron chi connectivity index (χ0n) is 10.1. The summed E-state index contributed by atoms with van der Waals surface area (Å²) in [4.78, 5) is 3.83. The van der Waals surface area contributed by atoms with Gasteiger partial charge in [0.05, 0.1) is 6.04 Å². The fraction of sp³-hybridized carbons (Fsp3) is 0.667. The number of rotatable bonds is 3. The van der Waals surface area contributed by atoms with Crippen molar-refractivity contribution in [3.05, 3.63) is 21.9 Å². The highest BCUT2D eigenvalue weighted by Gasteiger charge is 2.24. The van der Waals surface area contributed by atoms with Crippen LogP contribution in [0.3, 0.4) is 0 Å². The molecule has 2 rings (SSSR count). The van der Waals surface area contributed by atoms with Crippen molar-refractivity contribution in [3.8, 4) is 0 Å². The van der Waals surface area contributed by atoms with E-state index in [1.165, 1.54) is 10.4 Å². The number of nitrogens with two attached hydrogens (primary N) is 1. The lowest BCUT2D eigenvalue weighted by Gasteiger charge is -2.35. The van der Waals surface area contributed by atoms with Gasteiger partial charge in [-0.15, -0.1) is 11.3 Å². The predicted molar refractivity (Wildman–Crippen MR) is 69.9 cm³/mol. The summed E-state index contributed by atoms with van der Waals surface area (Å²) in [7, 11) is 0. The number of hydrogen-bond donors (Lipinski definition) is 2. The van der Waals surface area contributed by atoms with Crippen molar-refractivity contribution in [2.75, 3.05) is 26.2 Å². The summed E-state index contributed by atoms with van der Waals surface area (Å²) < 4.78 is 0. The van der Waals surface area contributed by atoms with E-state index in [-0.39, 0.29) is 6.04 Å². The Bertz CT molecular complexity index is 331. The van der Waals surface area contributed by atoms with E-state index in [1.54, 1.807) is 11.3 Å². The minimum atomic E-state index is 0.151. The lowest BCUT2D eigenvalue weighted by molar-refractivity contribution is 0.164. The zero-order valence-corrected chi connectivity index (χ0v) is 10.9. The molecule has 90 valence electrons. The van der Waals surface area contributed by atoms with Crippen LogP contribution in [0.25, 0.3) is 0 Å². The zero-order chi connectivity index (χ0) is 11.5. The molecular weight excluding hydrogens is 218 g/mol. The number of piperazine rings is 1. The molecule has 0 radical (unpaired) electrons. The Morgan fingerprint density at radius 1 is 1.44 bits per heavy atom. The SMILES string of the molecule is Cc1ccsc1C(N)C(C)N1CCNCC1. The van der Waals surface area contributed by atoms with Gasteiger partial charge in [0.2, 0.25) is 0 Å². The van der Waals surface area contributed by atoms with E-state index >= 15 is 0 Å². The number of nitrogens with zero attached hydrogens (tertiary/aromatic N) is 1. The van der Waals surface area contributed by atoms with E-state index in [2.05, 4.69) is 35.5 Å². The first-order valence-corrected chi connectivity index (χ1v) is 6.82. The van der Waals surface area contributed by atoms with Crippen LogP contribution in [0.5, 0.6) is 0 Å². The van der Waals surface area contributed by atoms with Gasteiger partial charge in [-0.2, -0.15) is 0 Å². The number of thiophene rings is 1. The third kappa shape index (κ3) is 2.46. The second kappa shape index (κ2) is 5.27. The molecule has 1 saturated heterocycles. The monoisotopic (exact) mass is 239 g/mol. The van der Waals surface area contributed by atoms with Crippen molar-refractivity contribution in [2.45, 2.75) is 25.9 Å². The lowest BCUT2D eigenvalue weighted by atomic mass is 10.0. The number of hydrogen-bond acceptors (Lipinski definition) is 4. The van der Waals surface area contributed by atoms with Crippen LogP contribution in [0.1, 0.15) is 23.4 Å². The molecule has 1 fully saturated rings. The van der Waals surface area contributed by atoms with Gasteiger partial charge < -0.3 is 11.1 Å². The minimum absolute atomic E-state index is 0.151. The Balaban J connectivity index is 2.03. The highest BCUT2D eigenvalue weighted by atomic mass is 32.1. The molecule has 2 heterocycles. The molecule has 16 heavy (non-hydrogen) atoms. The molecule has 2 unspecified atom stereocenters. The van der Waals surface area contributed by atoms with Crippen molar-refractivity contribution in [2.24, 2.45) is 5.73 Å². The second-order valence-corrected chi connectivity index (χ2v) is 5.47. The van der Waals surface area contributed by atoms with Gasteiger partial charge in [-0.05, 0) is 30.9 Å². The number of nitrogens with one attached hydrogen (secondary N) is 1. The van der Waals surface area contributed by atoms with Crippen LogP contribution in [-0.4, -0.2) is 37.1 Å². The molecule has 0 amide bonds. The van der Waals surface area contributed by atoms with Gasteiger partial charge in [-0.1, -0.05) is 0 Å². The maximum atomic E-state index is 6.36. The first-order valence-electron chi connectivity index (χ1n) is 5.94. The van der Waals surface area contributed by atoms with Crippen molar-refractivity contribution < 1.29 is 0 Å². The topological polar surface area (TPSA) is 41.3 Å². The molecule has 1 aliphatic heterocycles. The van der Waals surface area contributed by atoms with Crippen molar-refractivity contribution in [3.63, 3.8) is 0 Å². The normalized spacial score (nSPS) is 21.9. The average Bonchev–Trinajstić information content (AvgIpc) is 2.75. The molecule has 0 aromatic carbocycles. The minimum Gasteiger partial charge on any atom is -0.322 e. The van der Waals surface area contributed by atoms with Gasteiger partial charge in [0.25, 0.3) is 0 Å². The highest BCUT2D eigenvalue weighted by molar-refractivity contribution is 7.10. The molecule has 1 aliphatic rings. The van der Waals surface area contributed by atoms with E-state index in [1.807, 2.05) is 0 Å². The maximum absolute atomic E-state index is 6.36. The molecule has 1 aromatic heterocycles. The van der Waals surface area contributed by atoms with Crippen LogP contribution >= 0.6 is 11.3 Å². The molecule has 2 atom stereocenters. The first kappa shape index (κ1) is 12.0. The molecule has 4 heteroatoms. The fourth-order valence-electron chi connectivity index (χ4n) is 2.26. The van der Waals surface area contributed by atoms with Crippen LogP contribution in [0.2, 0.25) is 0 Å². The predicted octanol–water partition coefficient (Wildman–Crippen LogP) is 1.35. The van der Waals surface area contributed by atoms with Gasteiger partial charge in [0.1, 0.15) is 0 Å². The Labute approximate surface area is 102 Å². The third-order valence-electron chi connectivity index (χ3n) is 3.45. The van der Waals surface area contributed by atoms with Crippen molar-refractivity contribution >= 4 is 11.3 Å². The summed E-state index contributed by atoms with van der Waals surface area (Å²) in [6.45, 7) is 8.78. The summed E-state index contributed by atoms with van der Waals surface area (Å²) in [5, 5.41) is 5.51. The Morgan fingerprint density at radius 3 is 2.69 bits per heavy atom. The largest absolute Gasteiger partial charge is 0.322 e. The van der Waals surface area contributed by atoms with Gasteiger partial charge in [0, 0.05) is 37.1 Å². The van der Waals surface area contributed by atoms with Crippen LogP contribution in [-0.2, 0) is 0 Å². The molecule has 0 spiro atoms. The van der Waals surface area contributed by atoms with Gasteiger partial charge in [0.15, 0.2) is 0 Å². The number of aryl methyl sites for hydroxylation is 1. The van der Waals surface area contributed by atoms with Crippen LogP contribution in [0, 0.1) is 6.92 Å². The van der Waals surface area contributed by atoms with E-state index in [0.29, 0.717) is 6.04 Å². The summed E-state index contributed by atoms with van der Waals surface area (Å²) in [5.74, 6) is 0. The summed E-state index contributed by atoms with van der Waals surface area (Å²) in [5.41, 5.74) is 7.70. The first-order chi connectivity index (χ1) is 7.70. The average molecular weight is 239 g/mol. The highest BCUT2D eigenvalue weighted by Crippen LogP contribution is 2.26. The Hall–Kier alpha value is -0.420. The molecule has 0 bridgehead atoms. The van der Waals surface area contributed by atoms with Crippen LogP contribution < -0.4 is 11.1 Å². The van der Waals surface area contributed by atoms with E-state index in [0.717, 1.165) is 26.2 Å². The lowest BCUT2D eigenvalue weighted by Crippen LogP contribution is -2.50. The molecule has 1 aromatic rings. The maximum Gasteiger partial charge on any atom is 0.0547 e. The Kier molecular flexibility index (Phi) is 3.97. The van der Waals surface area contributed by atoms with Gasteiger partial charge in [-0.3, -0.25) is 4.90 Å². The second-order valence-electron chi connectivity index (χ2n) is 4.52. The van der Waals surface area contributed by atoms with Gasteiger partial charge >= 0.3 is 0 Å². The van der Waals surface area contributed by atoms with E-state index in [4.69, 9.17) is 5.73 Å². The van der Waals surface area contributed by atoms with E-state index < -0.39 is 0 Å². The standard InChI is InChI=1S/C12H21N3S/c1-9-3-8-16-12(9)11(13)10(2)15-6-4-14-5-7-15/h3,8,10-11,14H,4-7,13H2,1-2H3. The summed E-state index contributed by atoms with van der Waals surface area (Å²) in [6.07, 6.45) is 0. The van der Waals surface area contributed by atoms with Crippen LogP contribution in [0.4, 0.5) is 0 Å². The quantitative estimate of drug-likeness (QED) is 0.836. The fourth-order valence-corrected chi connectivity index (χ4v) is 3.29. The smallest absolute Gasteiger partial charge is 0.0547 e. The van der Waals surface area contributed by atoms with Gasteiger partial charge in [-0.25, -0.2) is 0 Å². The molecule has 0 saturated carbocycles. The molecule has 3 N–H and O–H groups in total. The van der Waals surface area contributed by atoms with E-state index in [9.17, 15) is 0 Å². The molecule has 0 aliphatic carbocycles. The third-order valence-corrected chi connectivity index (χ3v) is 4.57. The summed E-state index contributed by atoms with van der Waals surface area (Å²) in [6, 6.07) is 2.74. The van der Waals surface area contributed by atoms with Crippen LogP contribution in [0.15, 0.2) is 11.4 Å². The molecular formula is C12H21N3S. The Morgan fingerprint density at radius 2 is 2.12 bits per heavy atom. The van der Waals surface area contributed by atoms with Crippen molar-refractivity contribution in [1.29, 1.82) is 0 Å². The summed E-state index contributed by atoms with van der Waals surface area (Å²) >= 11 is 1.78. The van der Waals surface area contributed by atoms with Crippen molar-refractivity contribution in [1.82, 2.24) is 10.2 Å². The molecule has 3 nitrogen and oxygen atoms in total.